The van der Waals surface area contributed by atoms with Gasteiger partial charge in [0.2, 0.25) is 11.8 Å². The Bertz CT molecular complexity index is 435. The van der Waals surface area contributed by atoms with Gasteiger partial charge >= 0.3 is 5.97 Å². The van der Waals surface area contributed by atoms with E-state index in [-0.39, 0.29) is 36.1 Å². The van der Waals surface area contributed by atoms with E-state index in [9.17, 15) is 14.4 Å². The van der Waals surface area contributed by atoms with E-state index in [0.29, 0.717) is 32.5 Å². The van der Waals surface area contributed by atoms with Gasteiger partial charge in [0.15, 0.2) is 0 Å². The van der Waals surface area contributed by atoms with E-state index in [4.69, 9.17) is 5.11 Å². The second kappa shape index (κ2) is 6.45. The van der Waals surface area contributed by atoms with E-state index in [1.165, 1.54) is 0 Å². The Morgan fingerprint density at radius 2 is 2.05 bits per heavy atom. The first-order valence-corrected chi connectivity index (χ1v) is 7.68. The molecule has 2 saturated heterocycles. The van der Waals surface area contributed by atoms with E-state index < -0.39 is 5.97 Å². The summed E-state index contributed by atoms with van der Waals surface area (Å²) in [5.41, 5.74) is 0. The van der Waals surface area contributed by atoms with Crippen LogP contribution in [0.15, 0.2) is 0 Å². The van der Waals surface area contributed by atoms with Gasteiger partial charge in [0.25, 0.3) is 0 Å². The number of nitrogens with zero attached hydrogens (tertiary/aromatic N) is 2. The fraction of sp³-hybridized carbons (Fsp3) is 0.800. The maximum atomic E-state index is 12.5. The number of carbonyl (C=O) groups is 3. The molecular weight excluding hydrogens is 272 g/mol. The van der Waals surface area contributed by atoms with Crippen LogP contribution in [-0.2, 0) is 14.4 Å². The van der Waals surface area contributed by atoms with Crippen molar-refractivity contribution in [1.29, 1.82) is 0 Å². The van der Waals surface area contributed by atoms with Crippen molar-refractivity contribution >= 4 is 17.8 Å². The van der Waals surface area contributed by atoms with Crippen molar-refractivity contribution in [3.8, 4) is 0 Å². The molecule has 0 bridgehead atoms. The van der Waals surface area contributed by atoms with Crippen LogP contribution in [0.3, 0.4) is 0 Å². The molecule has 2 atom stereocenters. The molecule has 0 radical (unpaired) electrons. The largest absolute Gasteiger partial charge is 0.481 e. The molecular formula is C15H24N2O4. The topological polar surface area (TPSA) is 77.9 Å². The highest BCUT2D eigenvalue weighted by Crippen LogP contribution is 2.27. The predicted molar refractivity (Wildman–Crippen MR) is 76.5 cm³/mol. The molecule has 2 fully saturated rings. The van der Waals surface area contributed by atoms with Crippen LogP contribution in [0, 0.1) is 11.8 Å². The first-order chi connectivity index (χ1) is 9.88. The van der Waals surface area contributed by atoms with E-state index in [1.54, 1.807) is 4.90 Å². The quantitative estimate of drug-likeness (QED) is 0.819. The van der Waals surface area contributed by atoms with E-state index in [1.807, 2.05) is 18.7 Å². The summed E-state index contributed by atoms with van der Waals surface area (Å²) in [7, 11) is 0. The number of hydrogen-bond acceptors (Lipinski definition) is 3. The molecule has 1 N–H and O–H groups in total. The number of carboxylic acid groups (broad SMARTS) is 1. The van der Waals surface area contributed by atoms with Gasteiger partial charge < -0.3 is 14.9 Å². The van der Waals surface area contributed by atoms with Crippen LogP contribution in [-0.4, -0.2) is 58.4 Å². The van der Waals surface area contributed by atoms with E-state index >= 15 is 0 Å². The van der Waals surface area contributed by atoms with Crippen LogP contribution >= 0.6 is 0 Å². The number of carbonyl (C=O) groups excluding carboxylic acids is 2. The highest BCUT2D eigenvalue weighted by Gasteiger charge is 2.39. The molecule has 21 heavy (non-hydrogen) atoms. The standard InChI is InChI=1S/C15H24N2O4/c1-10(2)17-9-12(7-13(17)18)15(21)16-6-5-11(8-16)3-4-14(19)20/h10-12H,3-9H2,1-2H3,(H,19,20). The predicted octanol–water partition coefficient (Wildman–Crippen LogP) is 0.957. The molecule has 2 aliphatic rings. The van der Waals surface area contributed by atoms with Crippen LogP contribution in [0.1, 0.15) is 39.5 Å². The van der Waals surface area contributed by atoms with E-state index in [0.717, 1.165) is 6.42 Å². The van der Waals surface area contributed by atoms with Gasteiger partial charge in [-0.25, -0.2) is 0 Å². The van der Waals surface area contributed by atoms with Gasteiger partial charge in [-0.05, 0) is 32.6 Å². The zero-order chi connectivity index (χ0) is 15.6. The lowest BCUT2D eigenvalue weighted by atomic mass is 10.0. The zero-order valence-corrected chi connectivity index (χ0v) is 12.7. The van der Waals surface area contributed by atoms with Gasteiger partial charge in [0.05, 0.1) is 5.92 Å². The maximum absolute atomic E-state index is 12.5. The highest BCUT2D eigenvalue weighted by molar-refractivity contribution is 5.89. The third-order valence-corrected chi connectivity index (χ3v) is 4.50. The van der Waals surface area contributed by atoms with E-state index in [2.05, 4.69) is 0 Å². The second-order valence-electron chi connectivity index (χ2n) is 6.41. The van der Waals surface area contributed by atoms with Gasteiger partial charge in [-0.2, -0.15) is 0 Å². The summed E-state index contributed by atoms with van der Waals surface area (Å²) in [6.07, 6.45) is 1.97. The molecule has 2 heterocycles. The Labute approximate surface area is 125 Å². The van der Waals surface area contributed by atoms with Crippen LogP contribution in [0.25, 0.3) is 0 Å². The van der Waals surface area contributed by atoms with Crippen molar-refractivity contribution in [2.45, 2.75) is 45.6 Å². The van der Waals surface area contributed by atoms with Crippen LogP contribution in [0.2, 0.25) is 0 Å². The summed E-state index contributed by atoms with van der Waals surface area (Å²) in [6.45, 7) is 5.77. The molecule has 118 valence electrons. The Morgan fingerprint density at radius 1 is 1.33 bits per heavy atom. The summed E-state index contributed by atoms with van der Waals surface area (Å²) >= 11 is 0. The third-order valence-electron chi connectivity index (χ3n) is 4.50. The molecule has 2 unspecified atom stereocenters. The molecule has 0 spiro atoms. The first kappa shape index (κ1) is 15.8. The Balaban J connectivity index is 1.85. The Morgan fingerprint density at radius 3 is 2.62 bits per heavy atom. The fourth-order valence-corrected chi connectivity index (χ4v) is 3.25. The lowest BCUT2D eigenvalue weighted by Crippen LogP contribution is -2.37. The molecule has 0 aromatic rings. The lowest BCUT2D eigenvalue weighted by molar-refractivity contribution is -0.137. The molecule has 0 aromatic heterocycles. The number of carboxylic acids is 1. The minimum absolute atomic E-state index is 0.0596. The zero-order valence-electron chi connectivity index (χ0n) is 12.7. The third kappa shape index (κ3) is 3.74. The van der Waals surface area contributed by atoms with Crippen LogP contribution < -0.4 is 0 Å². The van der Waals surface area contributed by atoms with Crippen molar-refractivity contribution < 1.29 is 19.5 Å². The van der Waals surface area contributed by atoms with Crippen molar-refractivity contribution in [3.63, 3.8) is 0 Å². The molecule has 6 nitrogen and oxygen atoms in total. The van der Waals surface area contributed by atoms with Crippen molar-refractivity contribution in [2.24, 2.45) is 11.8 Å². The summed E-state index contributed by atoms with van der Waals surface area (Å²) in [5.74, 6) is -0.607. The summed E-state index contributed by atoms with van der Waals surface area (Å²) in [5, 5.41) is 8.71. The molecule has 2 amide bonds. The molecule has 2 aliphatic heterocycles. The minimum atomic E-state index is -0.784. The molecule has 6 heteroatoms. The Kier molecular flexibility index (Phi) is 4.85. The summed E-state index contributed by atoms with van der Waals surface area (Å²) in [4.78, 5) is 38.5. The maximum Gasteiger partial charge on any atom is 0.303 e. The number of likely N-dealkylation sites (tertiary alicyclic amines) is 2. The monoisotopic (exact) mass is 296 g/mol. The fourth-order valence-electron chi connectivity index (χ4n) is 3.25. The number of amides is 2. The van der Waals surface area contributed by atoms with Crippen LogP contribution in [0.5, 0.6) is 0 Å². The lowest BCUT2D eigenvalue weighted by Gasteiger charge is -2.23. The Hall–Kier alpha value is -1.59. The van der Waals surface area contributed by atoms with Gasteiger partial charge in [-0.15, -0.1) is 0 Å². The minimum Gasteiger partial charge on any atom is -0.481 e. The smallest absolute Gasteiger partial charge is 0.303 e. The van der Waals surface area contributed by atoms with Crippen molar-refractivity contribution in [3.05, 3.63) is 0 Å². The van der Waals surface area contributed by atoms with Crippen molar-refractivity contribution in [1.82, 2.24) is 9.80 Å². The van der Waals surface area contributed by atoms with Gasteiger partial charge in [0, 0.05) is 38.5 Å². The number of rotatable bonds is 5. The highest BCUT2D eigenvalue weighted by atomic mass is 16.4. The number of aliphatic carboxylic acids is 1. The molecule has 0 saturated carbocycles. The average Bonchev–Trinajstić information content (AvgIpc) is 3.02. The van der Waals surface area contributed by atoms with Gasteiger partial charge in [-0.1, -0.05) is 0 Å². The molecule has 0 aromatic carbocycles. The molecule has 2 rings (SSSR count). The SMILES string of the molecule is CC(C)N1CC(C(=O)N2CCC(CCC(=O)O)C2)CC1=O. The van der Waals surface area contributed by atoms with Crippen molar-refractivity contribution in [2.75, 3.05) is 19.6 Å². The normalized spacial score (nSPS) is 26.0. The second-order valence-corrected chi connectivity index (χ2v) is 6.41. The van der Waals surface area contributed by atoms with Gasteiger partial charge in [0.1, 0.15) is 0 Å². The van der Waals surface area contributed by atoms with Gasteiger partial charge in [-0.3, -0.25) is 14.4 Å². The summed E-state index contributed by atoms with van der Waals surface area (Å²) < 4.78 is 0. The number of hydrogen-bond donors (Lipinski definition) is 1. The first-order valence-electron chi connectivity index (χ1n) is 7.68. The average molecular weight is 296 g/mol. The van der Waals surface area contributed by atoms with Crippen LogP contribution in [0.4, 0.5) is 0 Å². The summed E-state index contributed by atoms with van der Waals surface area (Å²) in [6, 6.07) is 0.136. The molecule has 0 aliphatic carbocycles.